The Morgan fingerprint density at radius 2 is 2.00 bits per heavy atom. The first-order valence-electron chi connectivity index (χ1n) is 3.78. The van der Waals surface area contributed by atoms with Gasteiger partial charge in [0.1, 0.15) is 6.61 Å². The minimum absolute atomic E-state index is 0.0356. The maximum atomic E-state index is 10.7. The van der Waals surface area contributed by atoms with Crippen LogP contribution in [0.2, 0.25) is 0 Å². The fourth-order valence-electron chi connectivity index (χ4n) is 1.23. The van der Waals surface area contributed by atoms with E-state index in [0.29, 0.717) is 0 Å². The molecule has 2 aliphatic heterocycles. The number of carbonyl (C=O) groups is 2. The number of hydrogen-bond donors (Lipinski definition) is 0. The van der Waals surface area contributed by atoms with Crippen molar-refractivity contribution in [1.29, 1.82) is 0 Å². The molecule has 2 aliphatic rings. The zero-order chi connectivity index (χ0) is 10.1. The van der Waals surface area contributed by atoms with Gasteiger partial charge >= 0.3 is 18.5 Å². The van der Waals surface area contributed by atoms with Crippen LogP contribution in [-0.2, 0) is 18.9 Å². The fraction of sp³-hybridized carbons (Fsp3) is 0.571. The van der Waals surface area contributed by atoms with Gasteiger partial charge in [-0.05, 0) is 0 Å². The van der Waals surface area contributed by atoms with E-state index in [0.717, 1.165) is 0 Å². The lowest BCUT2D eigenvalue weighted by atomic mass is 10.2. The van der Waals surface area contributed by atoms with E-state index < -0.39 is 30.7 Å². The monoisotopic (exact) mass is 199 g/mol. The predicted octanol–water partition coefficient (Wildman–Crippen LogP) is 0.303. The maximum absolute atomic E-state index is 10.7. The molecule has 0 aliphatic carbocycles. The molecule has 3 atom stereocenters. The highest BCUT2D eigenvalue weighted by molar-refractivity contribution is 5.64. The average molecular weight is 199 g/mol. The Kier molecular flexibility index (Phi) is 1.89. The summed E-state index contributed by atoms with van der Waals surface area (Å²) in [6.45, 7) is 6.69. The highest BCUT2D eigenvalue weighted by Crippen LogP contribution is 2.24. The quantitative estimate of drug-likeness (QED) is 0.446. The van der Waals surface area contributed by atoms with Crippen LogP contribution in [0.3, 0.4) is 0 Å². The van der Waals surface area contributed by atoms with Crippen LogP contribution in [0.15, 0.2) is 0 Å². The largest absolute Gasteiger partial charge is 0.515 e. The lowest BCUT2D eigenvalue weighted by Gasteiger charge is -2.10. The number of carbonyl (C=O) groups excluding carboxylic acids is 2. The molecule has 2 fully saturated rings. The third-order valence-electron chi connectivity index (χ3n) is 1.84. The van der Waals surface area contributed by atoms with Gasteiger partial charge < -0.3 is 18.9 Å². The van der Waals surface area contributed by atoms with Crippen molar-refractivity contribution in [3.05, 3.63) is 11.4 Å². The second-order valence-corrected chi connectivity index (χ2v) is 2.69. The zero-order valence-electron chi connectivity index (χ0n) is 6.84. The molecule has 0 aromatic carbocycles. The van der Waals surface area contributed by atoms with E-state index in [2.05, 4.69) is 23.8 Å². The number of nitrogens with zero attached hydrogens (tertiary/aromatic N) is 1. The molecule has 3 unspecified atom stereocenters. The summed E-state index contributed by atoms with van der Waals surface area (Å²) in [5, 5.41) is 0. The van der Waals surface area contributed by atoms with Crippen LogP contribution in [0.4, 0.5) is 9.59 Å². The molecule has 7 heteroatoms. The third kappa shape index (κ3) is 1.31. The van der Waals surface area contributed by atoms with Crippen LogP contribution in [0.5, 0.6) is 0 Å². The lowest BCUT2D eigenvalue weighted by molar-refractivity contribution is 0.0345. The average Bonchev–Trinajstić information content (AvgIpc) is 2.71. The summed E-state index contributed by atoms with van der Waals surface area (Å²) < 4.78 is 18.3. The van der Waals surface area contributed by atoms with Crippen LogP contribution in [0.25, 0.3) is 4.85 Å². The van der Waals surface area contributed by atoms with Gasteiger partial charge in [0, 0.05) is 0 Å². The molecule has 14 heavy (non-hydrogen) atoms. The van der Waals surface area contributed by atoms with Crippen LogP contribution >= 0.6 is 0 Å². The van der Waals surface area contributed by atoms with Crippen LogP contribution in [0.1, 0.15) is 0 Å². The summed E-state index contributed by atoms with van der Waals surface area (Å²) in [7, 11) is 0. The first-order valence-corrected chi connectivity index (χ1v) is 3.78. The summed E-state index contributed by atoms with van der Waals surface area (Å²) in [5.74, 6) is 0. The molecule has 0 N–H and O–H groups in total. The summed E-state index contributed by atoms with van der Waals surface area (Å²) in [4.78, 5) is 24.3. The minimum Gasteiger partial charge on any atom is -0.430 e. The van der Waals surface area contributed by atoms with Crippen molar-refractivity contribution in [2.45, 2.75) is 18.4 Å². The van der Waals surface area contributed by atoms with Crippen LogP contribution in [0, 0.1) is 6.57 Å². The van der Waals surface area contributed by atoms with Crippen molar-refractivity contribution in [3.63, 3.8) is 0 Å². The Morgan fingerprint density at radius 3 is 2.57 bits per heavy atom. The highest BCUT2D eigenvalue weighted by Gasteiger charge is 2.51. The van der Waals surface area contributed by atoms with E-state index in [1.807, 2.05) is 0 Å². The van der Waals surface area contributed by atoms with Gasteiger partial charge in [-0.1, -0.05) is 0 Å². The number of hydrogen-bond acceptors (Lipinski definition) is 6. The molecular formula is C7H5NO6. The number of ether oxygens (including phenoxy) is 4. The molecule has 0 bridgehead atoms. The van der Waals surface area contributed by atoms with Gasteiger partial charge in [-0.2, -0.15) is 0 Å². The summed E-state index contributed by atoms with van der Waals surface area (Å²) in [6.07, 6.45) is -4.48. The minimum atomic E-state index is -1.07. The van der Waals surface area contributed by atoms with E-state index in [1.54, 1.807) is 0 Å². The topological polar surface area (TPSA) is 75.4 Å². The molecule has 0 aromatic rings. The lowest BCUT2D eigenvalue weighted by Crippen LogP contribution is -2.35. The molecule has 0 spiro atoms. The predicted molar refractivity (Wildman–Crippen MR) is 38.0 cm³/mol. The molecule has 0 saturated carbocycles. The van der Waals surface area contributed by atoms with E-state index in [4.69, 9.17) is 6.57 Å². The van der Waals surface area contributed by atoms with Gasteiger partial charge in [-0.3, -0.25) is 4.85 Å². The van der Waals surface area contributed by atoms with E-state index >= 15 is 0 Å². The maximum Gasteiger partial charge on any atom is 0.515 e. The molecule has 2 saturated heterocycles. The summed E-state index contributed by atoms with van der Waals surface area (Å²) >= 11 is 0. The first-order chi connectivity index (χ1) is 6.70. The molecule has 2 heterocycles. The van der Waals surface area contributed by atoms with Gasteiger partial charge in [0.25, 0.3) is 6.10 Å². The van der Waals surface area contributed by atoms with Gasteiger partial charge in [-0.15, -0.1) is 0 Å². The Hall–Kier alpha value is -1.97. The number of rotatable bonds is 1. The standard InChI is InChI=1S/C7H5NO6/c1-8-5-4(13-7(10)14-5)3-2-11-6(9)12-3/h3-5H,2H2. The summed E-state index contributed by atoms with van der Waals surface area (Å²) in [5.41, 5.74) is 0. The Morgan fingerprint density at radius 1 is 1.21 bits per heavy atom. The first kappa shape index (κ1) is 8.62. The van der Waals surface area contributed by atoms with Crippen molar-refractivity contribution in [1.82, 2.24) is 0 Å². The van der Waals surface area contributed by atoms with Crippen LogP contribution in [-0.4, -0.2) is 37.4 Å². The SMILES string of the molecule is [C-]#[N+]C1OC(=O)OC1C1COC(=O)O1. The van der Waals surface area contributed by atoms with Crippen molar-refractivity contribution in [2.75, 3.05) is 6.61 Å². The Labute approximate surface area is 78.3 Å². The molecule has 0 radical (unpaired) electrons. The Bertz CT molecular complexity index is 321. The van der Waals surface area contributed by atoms with E-state index in [1.165, 1.54) is 0 Å². The molecule has 2 rings (SSSR count). The van der Waals surface area contributed by atoms with Gasteiger partial charge in [-0.25, -0.2) is 16.2 Å². The molecule has 7 nitrogen and oxygen atoms in total. The van der Waals surface area contributed by atoms with Gasteiger partial charge in [0.15, 0.2) is 6.10 Å². The zero-order valence-corrected chi connectivity index (χ0v) is 6.84. The fourth-order valence-corrected chi connectivity index (χ4v) is 1.23. The van der Waals surface area contributed by atoms with Crippen LogP contribution < -0.4 is 0 Å². The number of cyclic esters (lactones) is 4. The molecule has 0 amide bonds. The van der Waals surface area contributed by atoms with Crippen molar-refractivity contribution < 1.29 is 28.5 Å². The van der Waals surface area contributed by atoms with Gasteiger partial charge in [0.05, 0.1) is 0 Å². The van der Waals surface area contributed by atoms with Crippen molar-refractivity contribution in [2.24, 2.45) is 0 Å². The second kappa shape index (κ2) is 3.06. The normalized spacial score (nSPS) is 35.2. The van der Waals surface area contributed by atoms with Gasteiger partial charge in [0.2, 0.25) is 0 Å². The molecule has 74 valence electrons. The van der Waals surface area contributed by atoms with E-state index in [9.17, 15) is 9.59 Å². The Balaban J connectivity index is 2.07. The summed E-state index contributed by atoms with van der Waals surface area (Å²) in [6, 6.07) is 0. The van der Waals surface area contributed by atoms with Crippen molar-refractivity contribution >= 4 is 12.3 Å². The van der Waals surface area contributed by atoms with Crippen molar-refractivity contribution in [3.8, 4) is 0 Å². The van der Waals surface area contributed by atoms with E-state index in [-0.39, 0.29) is 6.61 Å². The highest BCUT2D eigenvalue weighted by atomic mass is 16.8. The molecular weight excluding hydrogens is 194 g/mol. The smallest absolute Gasteiger partial charge is 0.430 e. The molecule has 0 aromatic heterocycles. The second-order valence-electron chi connectivity index (χ2n) is 2.69. The third-order valence-corrected chi connectivity index (χ3v) is 1.84.